The highest BCUT2D eigenvalue weighted by Crippen LogP contribution is 2.17. The smallest absolute Gasteiger partial charge is 0.321 e. The van der Waals surface area contributed by atoms with E-state index in [1.165, 1.54) is 24.3 Å². The van der Waals surface area contributed by atoms with Gasteiger partial charge in [-0.05, 0) is 12.1 Å². The third-order valence-electron chi connectivity index (χ3n) is 1.98. The van der Waals surface area contributed by atoms with Crippen LogP contribution in [0.5, 0.6) is 5.75 Å². The van der Waals surface area contributed by atoms with Crippen molar-refractivity contribution in [1.82, 2.24) is 0 Å². The van der Waals surface area contributed by atoms with Gasteiger partial charge in [0.05, 0.1) is 11.3 Å². The summed E-state index contributed by atoms with van der Waals surface area (Å²) in [5.41, 5.74) is 5.00. The molecule has 8 nitrogen and oxygen atoms in total. The number of rotatable bonds is 5. The van der Waals surface area contributed by atoms with Gasteiger partial charge < -0.3 is 15.6 Å². The number of aliphatic carboxylic acids is 1. The summed E-state index contributed by atoms with van der Waals surface area (Å²) in [5.74, 6) is -2.04. The molecule has 0 aliphatic heterocycles. The fourth-order valence-corrected chi connectivity index (χ4v) is 1.08. The van der Waals surface area contributed by atoms with Crippen molar-refractivity contribution in [2.75, 3.05) is 0 Å². The molecule has 1 aromatic rings. The van der Waals surface area contributed by atoms with Crippen molar-refractivity contribution in [2.24, 2.45) is 5.73 Å². The predicted octanol–water partition coefficient (Wildman–Crippen LogP) is 0.302. The standard InChI is InChI=1S/C10H10N2O6/c11-8(10(14)15)5-9(13)18-7-3-1-6(2-4-7)12(16)17/h1-4,8H,5,11H2,(H,14,15). The molecule has 3 N–H and O–H groups in total. The number of nitrogens with zero attached hydrogens (tertiary/aromatic N) is 1. The molecule has 0 aromatic heterocycles. The number of carboxylic acids is 1. The molecule has 96 valence electrons. The average molecular weight is 254 g/mol. The number of carboxylic acid groups (broad SMARTS) is 1. The summed E-state index contributed by atoms with van der Waals surface area (Å²) >= 11 is 0. The Bertz CT molecular complexity index is 470. The molecule has 0 bridgehead atoms. The van der Waals surface area contributed by atoms with Crippen molar-refractivity contribution in [3.8, 4) is 5.75 Å². The number of carbonyl (C=O) groups is 2. The molecule has 1 aromatic carbocycles. The van der Waals surface area contributed by atoms with Gasteiger partial charge >= 0.3 is 11.9 Å². The molecule has 0 saturated carbocycles. The minimum atomic E-state index is -1.34. The Morgan fingerprint density at radius 1 is 1.39 bits per heavy atom. The van der Waals surface area contributed by atoms with Gasteiger partial charge in [0.15, 0.2) is 0 Å². The van der Waals surface area contributed by atoms with Crippen LogP contribution in [0.15, 0.2) is 24.3 Å². The lowest BCUT2D eigenvalue weighted by molar-refractivity contribution is -0.384. The molecule has 0 saturated heterocycles. The van der Waals surface area contributed by atoms with Crippen molar-refractivity contribution in [1.29, 1.82) is 0 Å². The zero-order chi connectivity index (χ0) is 13.7. The molecule has 0 aliphatic rings. The van der Waals surface area contributed by atoms with Crippen LogP contribution in [-0.4, -0.2) is 28.0 Å². The van der Waals surface area contributed by atoms with Crippen molar-refractivity contribution in [2.45, 2.75) is 12.5 Å². The average Bonchev–Trinajstić information content (AvgIpc) is 2.29. The van der Waals surface area contributed by atoms with Crippen LogP contribution in [0, 0.1) is 10.1 Å². The van der Waals surface area contributed by atoms with Crippen LogP contribution in [0.1, 0.15) is 6.42 Å². The highest BCUT2D eigenvalue weighted by Gasteiger charge is 2.18. The van der Waals surface area contributed by atoms with Crippen molar-refractivity contribution in [3.05, 3.63) is 34.4 Å². The topological polar surface area (TPSA) is 133 Å². The fourth-order valence-electron chi connectivity index (χ4n) is 1.08. The van der Waals surface area contributed by atoms with E-state index < -0.39 is 29.3 Å². The largest absolute Gasteiger partial charge is 0.480 e. The minimum Gasteiger partial charge on any atom is -0.480 e. The predicted molar refractivity (Wildman–Crippen MR) is 59.0 cm³/mol. The molecule has 0 amide bonds. The molecule has 0 radical (unpaired) electrons. The zero-order valence-corrected chi connectivity index (χ0v) is 9.11. The van der Waals surface area contributed by atoms with Gasteiger partial charge in [-0.15, -0.1) is 0 Å². The quantitative estimate of drug-likeness (QED) is 0.334. The van der Waals surface area contributed by atoms with Gasteiger partial charge in [-0.1, -0.05) is 0 Å². The van der Waals surface area contributed by atoms with E-state index >= 15 is 0 Å². The number of nitro benzene ring substituents is 1. The normalized spacial score (nSPS) is 11.6. The first-order valence-electron chi connectivity index (χ1n) is 4.83. The van der Waals surface area contributed by atoms with Gasteiger partial charge in [0, 0.05) is 12.1 Å². The Hall–Kier alpha value is -2.48. The summed E-state index contributed by atoms with van der Waals surface area (Å²) < 4.78 is 4.77. The van der Waals surface area contributed by atoms with Crippen LogP contribution in [0.25, 0.3) is 0 Å². The fraction of sp³-hybridized carbons (Fsp3) is 0.200. The van der Waals surface area contributed by atoms with Gasteiger partial charge in [0.2, 0.25) is 0 Å². The first-order chi connectivity index (χ1) is 8.40. The molecule has 8 heteroatoms. The number of benzene rings is 1. The Morgan fingerprint density at radius 3 is 2.39 bits per heavy atom. The molecule has 0 spiro atoms. The van der Waals surface area contributed by atoms with Crippen molar-refractivity contribution >= 4 is 17.6 Å². The van der Waals surface area contributed by atoms with E-state index in [1.807, 2.05) is 0 Å². The lowest BCUT2D eigenvalue weighted by Gasteiger charge is -2.06. The van der Waals surface area contributed by atoms with E-state index in [-0.39, 0.29) is 11.4 Å². The van der Waals surface area contributed by atoms with Gasteiger partial charge in [-0.25, -0.2) is 0 Å². The molecular weight excluding hydrogens is 244 g/mol. The summed E-state index contributed by atoms with van der Waals surface area (Å²) in [7, 11) is 0. The van der Waals surface area contributed by atoms with Gasteiger partial charge in [0.1, 0.15) is 11.8 Å². The van der Waals surface area contributed by atoms with Crippen molar-refractivity contribution in [3.63, 3.8) is 0 Å². The maximum atomic E-state index is 11.2. The van der Waals surface area contributed by atoms with Crippen LogP contribution in [0.4, 0.5) is 5.69 Å². The third kappa shape index (κ3) is 3.83. The van der Waals surface area contributed by atoms with E-state index in [1.54, 1.807) is 0 Å². The van der Waals surface area contributed by atoms with E-state index in [9.17, 15) is 19.7 Å². The second-order valence-electron chi connectivity index (χ2n) is 3.37. The van der Waals surface area contributed by atoms with E-state index in [4.69, 9.17) is 15.6 Å². The highest BCUT2D eigenvalue weighted by molar-refractivity contribution is 5.82. The molecular formula is C10H10N2O6. The Morgan fingerprint density at radius 2 is 1.94 bits per heavy atom. The number of ether oxygens (including phenoxy) is 1. The summed E-state index contributed by atoms with van der Waals surface area (Å²) in [6, 6.07) is 3.47. The van der Waals surface area contributed by atoms with E-state index in [0.717, 1.165) is 0 Å². The summed E-state index contributed by atoms with van der Waals surface area (Å²) in [4.78, 5) is 31.4. The number of non-ortho nitro benzene ring substituents is 1. The number of nitrogens with two attached hydrogens (primary N) is 1. The van der Waals surface area contributed by atoms with E-state index in [0.29, 0.717) is 0 Å². The Balaban J connectivity index is 2.60. The minimum absolute atomic E-state index is 0.0863. The maximum Gasteiger partial charge on any atom is 0.321 e. The monoisotopic (exact) mass is 254 g/mol. The molecule has 1 atom stereocenters. The van der Waals surface area contributed by atoms with Crippen molar-refractivity contribution < 1.29 is 24.4 Å². The summed E-state index contributed by atoms with van der Waals surface area (Å²) in [5, 5.41) is 18.9. The van der Waals surface area contributed by atoms with Gasteiger partial charge in [-0.3, -0.25) is 19.7 Å². The molecule has 0 heterocycles. The molecule has 18 heavy (non-hydrogen) atoms. The lowest BCUT2D eigenvalue weighted by Crippen LogP contribution is -2.33. The van der Waals surface area contributed by atoms with Gasteiger partial charge in [-0.2, -0.15) is 0 Å². The van der Waals surface area contributed by atoms with Crippen LogP contribution >= 0.6 is 0 Å². The number of nitro groups is 1. The number of hydrogen-bond donors (Lipinski definition) is 2. The molecule has 0 aliphatic carbocycles. The second-order valence-corrected chi connectivity index (χ2v) is 3.37. The Kier molecular flexibility index (Phi) is 4.33. The first kappa shape index (κ1) is 13.6. The third-order valence-corrected chi connectivity index (χ3v) is 1.98. The highest BCUT2D eigenvalue weighted by atomic mass is 16.6. The number of carbonyl (C=O) groups excluding carboxylic acids is 1. The summed E-state index contributed by atoms with van der Waals surface area (Å²) in [6.07, 6.45) is -0.480. The molecule has 1 unspecified atom stereocenters. The van der Waals surface area contributed by atoms with Crippen LogP contribution in [0.2, 0.25) is 0 Å². The van der Waals surface area contributed by atoms with Crippen LogP contribution in [0.3, 0.4) is 0 Å². The Labute approximate surface area is 101 Å². The molecule has 0 fully saturated rings. The first-order valence-corrected chi connectivity index (χ1v) is 4.83. The molecule has 1 rings (SSSR count). The second kappa shape index (κ2) is 5.73. The maximum absolute atomic E-state index is 11.2. The lowest BCUT2D eigenvalue weighted by atomic mass is 10.2. The SMILES string of the molecule is NC(CC(=O)Oc1ccc([N+](=O)[O-])cc1)C(=O)O. The van der Waals surface area contributed by atoms with E-state index in [2.05, 4.69) is 0 Å². The number of hydrogen-bond acceptors (Lipinski definition) is 6. The van der Waals surface area contributed by atoms with Gasteiger partial charge in [0.25, 0.3) is 5.69 Å². The van der Waals surface area contributed by atoms with Crippen LogP contribution in [-0.2, 0) is 9.59 Å². The zero-order valence-electron chi connectivity index (χ0n) is 9.11. The number of esters is 1. The summed E-state index contributed by atoms with van der Waals surface area (Å²) in [6.45, 7) is 0. The van der Waals surface area contributed by atoms with Crippen LogP contribution < -0.4 is 10.5 Å².